The summed E-state index contributed by atoms with van der Waals surface area (Å²) in [7, 11) is 0. The van der Waals surface area contributed by atoms with E-state index in [1.54, 1.807) is 13.1 Å². The van der Waals surface area contributed by atoms with E-state index in [0.29, 0.717) is 12.1 Å². The molecule has 0 saturated heterocycles. The predicted molar refractivity (Wildman–Crippen MR) is 75.5 cm³/mol. The second-order valence-corrected chi connectivity index (χ2v) is 4.73. The number of fused-ring (bicyclic) bond motifs is 1. The lowest BCUT2D eigenvalue weighted by molar-refractivity contribution is 0.179. The normalized spacial score (nSPS) is 14.4. The van der Waals surface area contributed by atoms with Gasteiger partial charge in [0, 0.05) is 23.3 Å². The van der Waals surface area contributed by atoms with Crippen molar-refractivity contribution in [3.05, 3.63) is 30.5 Å². The van der Waals surface area contributed by atoms with E-state index in [1.165, 1.54) is 0 Å². The smallest absolute Gasteiger partial charge is 0.0951 e. The van der Waals surface area contributed by atoms with Gasteiger partial charge in [0.1, 0.15) is 0 Å². The zero-order chi connectivity index (χ0) is 13.1. The molecule has 2 aromatic rings. The van der Waals surface area contributed by atoms with E-state index < -0.39 is 0 Å². The molecule has 1 heterocycles. The quantitative estimate of drug-likeness (QED) is 0.723. The van der Waals surface area contributed by atoms with Gasteiger partial charge in [-0.25, -0.2) is 0 Å². The van der Waals surface area contributed by atoms with Gasteiger partial charge in [-0.1, -0.05) is 0 Å². The summed E-state index contributed by atoms with van der Waals surface area (Å²) >= 11 is 0. The molecule has 0 radical (unpaired) electrons. The number of pyridine rings is 1. The summed E-state index contributed by atoms with van der Waals surface area (Å²) in [6.45, 7) is 3.84. The van der Waals surface area contributed by atoms with Crippen molar-refractivity contribution in [2.45, 2.75) is 32.4 Å². The summed E-state index contributed by atoms with van der Waals surface area (Å²) in [6, 6.07) is 7.89. The molecule has 0 fully saturated rings. The van der Waals surface area contributed by atoms with Crippen LogP contribution in [0.4, 0.5) is 11.4 Å². The molecular formula is C14H19N3O. The molecule has 0 saturated carbocycles. The molecule has 0 bridgehead atoms. The maximum absolute atomic E-state index is 9.39. The van der Waals surface area contributed by atoms with E-state index in [9.17, 15) is 5.11 Å². The van der Waals surface area contributed by atoms with Gasteiger partial charge < -0.3 is 16.2 Å². The zero-order valence-electron chi connectivity index (χ0n) is 10.7. The number of nitrogens with one attached hydrogen (secondary N) is 1. The first kappa shape index (κ1) is 12.6. The third-order valence-electron chi connectivity index (χ3n) is 2.90. The van der Waals surface area contributed by atoms with E-state index in [0.717, 1.165) is 16.6 Å². The first-order valence-electron chi connectivity index (χ1n) is 6.15. The molecule has 0 amide bonds. The molecule has 2 atom stereocenters. The third kappa shape index (κ3) is 2.71. The van der Waals surface area contributed by atoms with Crippen LogP contribution in [0.15, 0.2) is 30.5 Å². The van der Waals surface area contributed by atoms with Crippen molar-refractivity contribution >= 4 is 22.3 Å². The molecule has 0 aliphatic carbocycles. The Bertz CT molecular complexity index is 540. The molecule has 96 valence electrons. The van der Waals surface area contributed by atoms with Crippen molar-refractivity contribution in [3.8, 4) is 0 Å². The first-order chi connectivity index (χ1) is 8.58. The molecule has 0 aliphatic heterocycles. The monoisotopic (exact) mass is 245 g/mol. The Morgan fingerprint density at radius 2 is 2.11 bits per heavy atom. The van der Waals surface area contributed by atoms with Crippen molar-refractivity contribution in [1.29, 1.82) is 0 Å². The lowest BCUT2D eigenvalue weighted by atomic mass is 10.1. The van der Waals surface area contributed by atoms with Crippen molar-refractivity contribution in [2.75, 3.05) is 11.1 Å². The van der Waals surface area contributed by atoms with Crippen LogP contribution in [-0.2, 0) is 0 Å². The average molecular weight is 245 g/mol. The molecule has 2 unspecified atom stereocenters. The van der Waals surface area contributed by atoms with Gasteiger partial charge in [-0.3, -0.25) is 4.98 Å². The number of aromatic nitrogens is 1. The summed E-state index contributed by atoms with van der Waals surface area (Å²) in [4.78, 5) is 4.30. The zero-order valence-corrected chi connectivity index (χ0v) is 10.7. The van der Waals surface area contributed by atoms with E-state index >= 15 is 0 Å². The molecule has 4 N–H and O–H groups in total. The number of rotatable bonds is 4. The van der Waals surface area contributed by atoms with Crippen molar-refractivity contribution in [3.63, 3.8) is 0 Å². The Labute approximate surface area is 107 Å². The van der Waals surface area contributed by atoms with Gasteiger partial charge in [0.15, 0.2) is 0 Å². The van der Waals surface area contributed by atoms with Crippen LogP contribution in [0.3, 0.4) is 0 Å². The highest BCUT2D eigenvalue weighted by atomic mass is 16.3. The number of nitrogen functional groups attached to an aromatic ring is 1. The fourth-order valence-corrected chi connectivity index (χ4v) is 2.16. The van der Waals surface area contributed by atoms with Crippen LogP contribution in [0, 0.1) is 0 Å². The summed E-state index contributed by atoms with van der Waals surface area (Å²) in [6.07, 6.45) is 2.12. The second-order valence-electron chi connectivity index (χ2n) is 4.73. The maximum atomic E-state index is 9.39. The number of benzene rings is 1. The molecule has 1 aromatic carbocycles. The average Bonchev–Trinajstić information content (AvgIpc) is 2.32. The van der Waals surface area contributed by atoms with Crippen molar-refractivity contribution in [1.82, 2.24) is 4.98 Å². The van der Waals surface area contributed by atoms with E-state index in [4.69, 9.17) is 5.73 Å². The molecular weight excluding hydrogens is 226 g/mol. The summed E-state index contributed by atoms with van der Waals surface area (Å²) < 4.78 is 0. The highest BCUT2D eigenvalue weighted by Crippen LogP contribution is 2.27. The van der Waals surface area contributed by atoms with Gasteiger partial charge in [-0.05, 0) is 44.5 Å². The minimum atomic E-state index is -0.314. The van der Waals surface area contributed by atoms with Crippen molar-refractivity contribution < 1.29 is 5.11 Å². The molecule has 2 rings (SSSR count). The van der Waals surface area contributed by atoms with Crippen LogP contribution in [0.1, 0.15) is 20.3 Å². The molecule has 4 nitrogen and oxygen atoms in total. The van der Waals surface area contributed by atoms with Gasteiger partial charge in [0.25, 0.3) is 0 Å². The number of aliphatic hydroxyl groups excluding tert-OH is 1. The number of nitrogens with two attached hydrogens (primary N) is 1. The van der Waals surface area contributed by atoms with Gasteiger partial charge >= 0.3 is 0 Å². The largest absolute Gasteiger partial charge is 0.397 e. The Hall–Kier alpha value is -1.81. The number of nitrogens with zero attached hydrogens (tertiary/aromatic N) is 1. The Morgan fingerprint density at radius 3 is 2.83 bits per heavy atom. The highest BCUT2D eigenvalue weighted by molar-refractivity contribution is 5.98. The summed E-state index contributed by atoms with van der Waals surface area (Å²) in [5.74, 6) is 0. The van der Waals surface area contributed by atoms with E-state index in [1.807, 2.05) is 31.2 Å². The SMILES string of the molecule is CC(O)CC(C)Nc1ccc(N)c2ncccc12. The predicted octanol–water partition coefficient (Wildman–Crippen LogP) is 2.39. The molecule has 1 aromatic heterocycles. The Kier molecular flexibility index (Phi) is 3.67. The number of hydrogen-bond donors (Lipinski definition) is 3. The van der Waals surface area contributed by atoms with Crippen LogP contribution >= 0.6 is 0 Å². The molecule has 0 spiro atoms. The number of hydrogen-bond acceptors (Lipinski definition) is 4. The number of anilines is 2. The Balaban J connectivity index is 2.31. The van der Waals surface area contributed by atoms with Gasteiger partial charge in [-0.15, -0.1) is 0 Å². The summed E-state index contributed by atoms with van der Waals surface area (Å²) in [5.41, 5.74) is 8.40. The van der Waals surface area contributed by atoms with Crippen LogP contribution in [0.25, 0.3) is 10.9 Å². The van der Waals surface area contributed by atoms with Gasteiger partial charge in [0.05, 0.1) is 17.3 Å². The van der Waals surface area contributed by atoms with Crippen LogP contribution < -0.4 is 11.1 Å². The van der Waals surface area contributed by atoms with Crippen LogP contribution in [-0.4, -0.2) is 22.2 Å². The fourth-order valence-electron chi connectivity index (χ4n) is 2.16. The molecule has 18 heavy (non-hydrogen) atoms. The topological polar surface area (TPSA) is 71.2 Å². The van der Waals surface area contributed by atoms with Crippen LogP contribution in [0.5, 0.6) is 0 Å². The molecule has 0 aliphatic rings. The lowest BCUT2D eigenvalue weighted by Gasteiger charge is -2.18. The number of aliphatic hydroxyl groups is 1. The second kappa shape index (κ2) is 5.23. The van der Waals surface area contributed by atoms with E-state index in [-0.39, 0.29) is 12.1 Å². The third-order valence-corrected chi connectivity index (χ3v) is 2.90. The standard InChI is InChI=1S/C14H19N3O/c1-9(8-10(2)18)17-13-6-5-12(15)14-11(13)4-3-7-16-14/h3-7,9-10,17-18H,8,15H2,1-2H3. The van der Waals surface area contributed by atoms with Crippen LogP contribution in [0.2, 0.25) is 0 Å². The molecule has 4 heteroatoms. The van der Waals surface area contributed by atoms with Crippen molar-refractivity contribution in [2.24, 2.45) is 0 Å². The van der Waals surface area contributed by atoms with Gasteiger partial charge in [0.2, 0.25) is 0 Å². The van der Waals surface area contributed by atoms with E-state index in [2.05, 4.69) is 10.3 Å². The maximum Gasteiger partial charge on any atom is 0.0951 e. The minimum Gasteiger partial charge on any atom is -0.397 e. The first-order valence-corrected chi connectivity index (χ1v) is 6.15. The Morgan fingerprint density at radius 1 is 1.33 bits per heavy atom. The highest BCUT2D eigenvalue weighted by Gasteiger charge is 2.09. The summed E-state index contributed by atoms with van der Waals surface area (Å²) in [5, 5.41) is 13.8. The van der Waals surface area contributed by atoms with Gasteiger partial charge in [-0.2, -0.15) is 0 Å². The lowest BCUT2D eigenvalue weighted by Crippen LogP contribution is -2.20. The fraction of sp³-hybridized carbons (Fsp3) is 0.357. The minimum absolute atomic E-state index is 0.192.